The molecule has 0 bridgehead atoms. The second-order valence-corrected chi connectivity index (χ2v) is 3.66. The molecule has 1 aromatic rings. The zero-order chi connectivity index (χ0) is 9.14. The Morgan fingerprint density at radius 3 is 2.67 bits per heavy atom. The minimum atomic E-state index is 0.0264. The van der Waals surface area contributed by atoms with Crippen LogP contribution in [-0.4, -0.2) is 10.4 Å². The van der Waals surface area contributed by atoms with Gasteiger partial charge >= 0.3 is 0 Å². The molecule has 0 aliphatic heterocycles. The largest absolute Gasteiger partial charge is 0.410 e. The van der Waals surface area contributed by atoms with Gasteiger partial charge in [-0.3, -0.25) is 0 Å². The van der Waals surface area contributed by atoms with Crippen molar-refractivity contribution in [3.8, 4) is 0 Å². The Hall–Kier alpha value is -0.250. The smallest absolute Gasteiger partial charge is 0.176 e. The summed E-state index contributed by atoms with van der Waals surface area (Å²) >= 11 is 14.5. The summed E-state index contributed by atoms with van der Waals surface area (Å²) in [6.07, 6.45) is 0. The van der Waals surface area contributed by atoms with Gasteiger partial charge in [0.2, 0.25) is 0 Å². The Labute approximate surface area is 87.9 Å². The summed E-state index contributed by atoms with van der Waals surface area (Å²) in [4.78, 5) is 0. The Bertz CT molecular complexity index is 327. The number of hydrogen-bond acceptors (Lipinski definition) is 2. The van der Waals surface area contributed by atoms with Crippen molar-refractivity contribution in [2.45, 2.75) is 0 Å². The maximum Gasteiger partial charge on any atom is 0.176 e. The normalized spacial score (nSPS) is 11.8. The number of benzene rings is 1. The van der Waals surface area contributed by atoms with Gasteiger partial charge in [-0.05, 0) is 18.2 Å². The zero-order valence-corrected chi connectivity index (χ0v) is 8.86. The van der Waals surface area contributed by atoms with E-state index in [0.29, 0.717) is 15.1 Å². The fraction of sp³-hybridized carbons (Fsp3) is 0. The van der Waals surface area contributed by atoms with Crippen molar-refractivity contribution in [2.24, 2.45) is 5.16 Å². The molecule has 1 rings (SSSR count). The molecular weight excluding hydrogens is 265 g/mol. The van der Waals surface area contributed by atoms with Crippen LogP contribution in [0, 0.1) is 0 Å². The highest BCUT2D eigenvalue weighted by Crippen LogP contribution is 2.23. The molecule has 0 unspecified atom stereocenters. The molecule has 0 fully saturated rings. The first kappa shape index (κ1) is 9.84. The highest BCUT2D eigenvalue weighted by molar-refractivity contribution is 9.10. The summed E-state index contributed by atoms with van der Waals surface area (Å²) in [5.41, 5.74) is 0.601. The quantitative estimate of drug-likeness (QED) is 0.472. The van der Waals surface area contributed by atoms with Crippen molar-refractivity contribution in [3.63, 3.8) is 0 Å². The molecule has 5 heteroatoms. The molecule has 0 spiro atoms. The maximum absolute atomic E-state index is 8.38. The fourth-order valence-corrected chi connectivity index (χ4v) is 1.86. The fourth-order valence-electron chi connectivity index (χ4n) is 0.711. The number of rotatable bonds is 1. The lowest BCUT2D eigenvalue weighted by Crippen LogP contribution is -1.91. The minimum absolute atomic E-state index is 0.0264. The van der Waals surface area contributed by atoms with Gasteiger partial charge in [0.25, 0.3) is 0 Å². The lowest BCUT2D eigenvalue weighted by Gasteiger charge is -1.99. The Kier molecular flexibility index (Phi) is 3.38. The van der Waals surface area contributed by atoms with Gasteiger partial charge in [-0.1, -0.05) is 44.3 Å². The number of hydrogen-bond donors (Lipinski definition) is 1. The summed E-state index contributed by atoms with van der Waals surface area (Å²) in [6, 6.07) is 4.99. The average Bonchev–Trinajstić information content (AvgIpc) is 2.03. The first-order valence-corrected chi connectivity index (χ1v) is 4.53. The van der Waals surface area contributed by atoms with E-state index in [-0.39, 0.29) is 5.17 Å². The molecule has 0 heterocycles. The standard InChI is InChI=1S/C7H4BrCl2NO/c8-6-3-4(9)1-2-5(6)7(10)11-12/h1-3,12H/b11-7-. The Morgan fingerprint density at radius 2 is 2.17 bits per heavy atom. The summed E-state index contributed by atoms with van der Waals surface area (Å²) in [7, 11) is 0. The van der Waals surface area contributed by atoms with Crippen molar-refractivity contribution in [1.82, 2.24) is 0 Å². The molecule has 1 N–H and O–H groups in total. The van der Waals surface area contributed by atoms with Gasteiger partial charge in [-0.2, -0.15) is 0 Å². The minimum Gasteiger partial charge on any atom is -0.410 e. The highest BCUT2D eigenvalue weighted by Gasteiger charge is 2.05. The number of halogens is 3. The molecule has 12 heavy (non-hydrogen) atoms. The van der Waals surface area contributed by atoms with Gasteiger partial charge in [-0.25, -0.2) is 0 Å². The van der Waals surface area contributed by atoms with E-state index in [4.69, 9.17) is 28.4 Å². The summed E-state index contributed by atoms with van der Waals surface area (Å²) in [5, 5.41) is 11.9. The van der Waals surface area contributed by atoms with Gasteiger partial charge in [0, 0.05) is 15.1 Å². The zero-order valence-electron chi connectivity index (χ0n) is 5.76. The molecule has 0 atom stereocenters. The van der Waals surface area contributed by atoms with E-state index in [0.717, 1.165) is 0 Å². The second-order valence-electron chi connectivity index (χ2n) is 2.01. The molecule has 0 saturated heterocycles. The number of oxime groups is 1. The predicted molar refractivity (Wildman–Crippen MR) is 53.3 cm³/mol. The van der Waals surface area contributed by atoms with Crippen molar-refractivity contribution in [3.05, 3.63) is 33.3 Å². The van der Waals surface area contributed by atoms with Crippen molar-refractivity contribution in [1.29, 1.82) is 0 Å². The molecule has 0 radical (unpaired) electrons. The monoisotopic (exact) mass is 267 g/mol. The third-order valence-corrected chi connectivity index (χ3v) is 2.41. The van der Waals surface area contributed by atoms with Crippen LogP contribution in [0.5, 0.6) is 0 Å². The highest BCUT2D eigenvalue weighted by atomic mass is 79.9. The molecule has 0 aromatic heterocycles. The lowest BCUT2D eigenvalue weighted by atomic mass is 10.2. The van der Waals surface area contributed by atoms with Crippen LogP contribution in [-0.2, 0) is 0 Å². The summed E-state index contributed by atoms with van der Waals surface area (Å²) in [5.74, 6) is 0. The molecule has 1 aromatic carbocycles. The predicted octanol–water partition coefficient (Wildman–Crippen LogP) is 3.48. The summed E-state index contributed by atoms with van der Waals surface area (Å²) in [6.45, 7) is 0. The van der Waals surface area contributed by atoms with E-state index in [2.05, 4.69) is 21.1 Å². The van der Waals surface area contributed by atoms with Crippen LogP contribution in [0.25, 0.3) is 0 Å². The second kappa shape index (κ2) is 4.12. The van der Waals surface area contributed by atoms with Crippen molar-refractivity contribution in [2.75, 3.05) is 0 Å². The molecule has 64 valence electrons. The third-order valence-electron chi connectivity index (χ3n) is 1.24. The van der Waals surface area contributed by atoms with Crippen LogP contribution in [0.4, 0.5) is 0 Å². The summed E-state index contributed by atoms with van der Waals surface area (Å²) < 4.78 is 0.692. The van der Waals surface area contributed by atoms with E-state index >= 15 is 0 Å². The van der Waals surface area contributed by atoms with Gasteiger partial charge in [0.05, 0.1) is 0 Å². The van der Waals surface area contributed by atoms with Crippen LogP contribution in [0.2, 0.25) is 5.02 Å². The molecule has 0 saturated carbocycles. The topological polar surface area (TPSA) is 32.6 Å². The molecular formula is C7H4BrCl2NO. The van der Waals surface area contributed by atoms with Crippen molar-refractivity contribution >= 4 is 44.3 Å². The van der Waals surface area contributed by atoms with E-state index in [1.807, 2.05) is 0 Å². The number of nitrogens with zero attached hydrogens (tertiary/aromatic N) is 1. The van der Waals surface area contributed by atoms with Crippen LogP contribution in [0.15, 0.2) is 27.8 Å². The van der Waals surface area contributed by atoms with Crippen LogP contribution >= 0.6 is 39.1 Å². The lowest BCUT2D eigenvalue weighted by molar-refractivity contribution is 0.321. The maximum atomic E-state index is 8.38. The molecule has 0 aliphatic carbocycles. The van der Waals surface area contributed by atoms with Gasteiger partial charge in [0.15, 0.2) is 5.17 Å². The van der Waals surface area contributed by atoms with Crippen LogP contribution in [0.1, 0.15) is 5.56 Å². The molecule has 0 aliphatic rings. The Morgan fingerprint density at radius 1 is 1.50 bits per heavy atom. The third kappa shape index (κ3) is 2.12. The van der Waals surface area contributed by atoms with E-state index in [1.54, 1.807) is 18.2 Å². The van der Waals surface area contributed by atoms with Gasteiger partial charge in [-0.15, -0.1) is 0 Å². The molecule has 2 nitrogen and oxygen atoms in total. The first-order chi connectivity index (χ1) is 5.65. The van der Waals surface area contributed by atoms with Gasteiger partial charge < -0.3 is 5.21 Å². The van der Waals surface area contributed by atoms with Gasteiger partial charge in [0.1, 0.15) is 0 Å². The average molecular weight is 269 g/mol. The van der Waals surface area contributed by atoms with E-state index < -0.39 is 0 Å². The van der Waals surface area contributed by atoms with E-state index in [9.17, 15) is 0 Å². The van der Waals surface area contributed by atoms with E-state index in [1.165, 1.54) is 0 Å². The van der Waals surface area contributed by atoms with Crippen LogP contribution in [0.3, 0.4) is 0 Å². The molecule has 0 amide bonds. The Balaban J connectivity index is 3.18. The first-order valence-electron chi connectivity index (χ1n) is 2.98. The van der Waals surface area contributed by atoms with Crippen LogP contribution < -0.4 is 0 Å². The van der Waals surface area contributed by atoms with Crippen molar-refractivity contribution < 1.29 is 5.21 Å². The SMILES string of the molecule is O/N=C(\Cl)c1ccc(Cl)cc1Br.